The molecule has 2 unspecified atom stereocenters. The van der Waals surface area contributed by atoms with E-state index in [0.717, 1.165) is 0 Å². The third kappa shape index (κ3) is 3.65. The fraction of sp³-hybridized carbons (Fsp3) is 0.900. The van der Waals surface area contributed by atoms with Gasteiger partial charge in [-0.05, 0) is 19.4 Å². The molecule has 3 nitrogen and oxygen atoms in total. The van der Waals surface area contributed by atoms with Gasteiger partial charge < -0.3 is 4.74 Å². The lowest BCUT2D eigenvalue weighted by molar-refractivity contribution is -0.184. The molecule has 0 aromatic carbocycles. The second-order valence-corrected chi connectivity index (χ2v) is 4.02. The maximum atomic E-state index is 11.9. The molecule has 92 valence electrons. The number of halogens is 3. The van der Waals surface area contributed by atoms with Crippen molar-refractivity contribution in [3.63, 3.8) is 0 Å². The third-order valence-corrected chi connectivity index (χ3v) is 2.68. The number of ether oxygens (including phenoxy) is 1. The number of nitriles is 1. The van der Waals surface area contributed by atoms with E-state index < -0.39 is 24.4 Å². The van der Waals surface area contributed by atoms with Gasteiger partial charge in [0.2, 0.25) is 0 Å². The number of hydrogen-bond acceptors (Lipinski definition) is 3. The molecule has 16 heavy (non-hydrogen) atoms. The summed E-state index contributed by atoms with van der Waals surface area (Å²) in [7, 11) is 0. The van der Waals surface area contributed by atoms with Gasteiger partial charge in [0, 0.05) is 6.42 Å². The standard InChI is InChI=1S/C10H15F3N2O/c1-2-15-9(6-14)4-3-8(5-9)16-7-10(11,12)13/h8,15H,2-5,7H2,1H3. The van der Waals surface area contributed by atoms with E-state index in [1.807, 2.05) is 6.92 Å². The molecule has 1 aliphatic rings. The van der Waals surface area contributed by atoms with E-state index in [1.165, 1.54) is 0 Å². The van der Waals surface area contributed by atoms with Crippen LogP contribution in [0, 0.1) is 11.3 Å². The van der Waals surface area contributed by atoms with Gasteiger partial charge in [0.15, 0.2) is 0 Å². The number of hydrogen-bond donors (Lipinski definition) is 1. The first-order valence-electron chi connectivity index (χ1n) is 5.25. The maximum Gasteiger partial charge on any atom is 0.411 e. The quantitative estimate of drug-likeness (QED) is 0.811. The van der Waals surface area contributed by atoms with E-state index in [-0.39, 0.29) is 0 Å². The summed E-state index contributed by atoms with van der Waals surface area (Å²) < 4.78 is 40.5. The zero-order valence-electron chi connectivity index (χ0n) is 9.10. The first-order chi connectivity index (χ1) is 7.41. The van der Waals surface area contributed by atoms with E-state index in [1.54, 1.807) is 0 Å². The molecule has 0 bridgehead atoms. The van der Waals surface area contributed by atoms with Gasteiger partial charge in [-0.15, -0.1) is 0 Å². The van der Waals surface area contributed by atoms with Crippen LogP contribution in [0.3, 0.4) is 0 Å². The van der Waals surface area contributed by atoms with Crippen molar-refractivity contribution in [2.45, 2.75) is 44.0 Å². The van der Waals surface area contributed by atoms with Gasteiger partial charge in [0.05, 0.1) is 12.2 Å². The molecule has 1 fully saturated rings. The second kappa shape index (κ2) is 5.02. The third-order valence-electron chi connectivity index (χ3n) is 2.68. The van der Waals surface area contributed by atoms with Gasteiger partial charge in [-0.3, -0.25) is 5.32 Å². The lowest BCUT2D eigenvalue weighted by Gasteiger charge is -2.21. The first kappa shape index (κ1) is 13.3. The average Bonchev–Trinajstić information content (AvgIpc) is 2.59. The zero-order chi connectivity index (χ0) is 12.2. The van der Waals surface area contributed by atoms with E-state index in [9.17, 15) is 13.2 Å². The molecule has 0 aromatic rings. The van der Waals surface area contributed by atoms with Gasteiger partial charge in [0.25, 0.3) is 0 Å². The predicted molar refractivity (Wildman–Crippen MR) is 51.7 cm³/mol. The smallest absolute Gasteiger partial charge is 0.369 e. The van der Waals surface area contributed by atoms with Crippen LogP contribution < -0.4 is 5.32 Å². The molecule has 2 atom stereocenters. The Balaban J connectivity index is 2.43. The Morgan fingerprint density at radius 3 is 2.75 bits per heavy atom. The molecular formula is C10H15F3N2O. The van der Waals surface area contributed by atoms with Crippen LogP contribution in [0.2, 0.25) is 0 Å². The highest BCUT2D eigenvalue weighted by Crippen LogP contribution is 2.32. The van der Waals surface area contributed by atoms with Crippen molar-refractivity contribution in [3.05, 3.63) is 0 Å². The van der Waals surface area contributed by atoms with E-state index in [0.29, 0.717) is 25.8 Å². The van der Waals surface area contributed by atoms with Crippen molar-refractivity contribution in [3.8, 4) is 6.07 Å². The Labute approximate surface area is 92.6 Å². The topological polar surface area (TPSA) is 45.0 Å². The summed E-state index contributed by atoms with van der Waals surface area (Å²) in [5.74, 6) is 0. The Bertz CT molecular complexity index is 274. The Morgan fingerprint density at radius 2 is 2.25 bits per heavy atom. The van der Waals surface area contributed by atoms with Crippen LogP contribution in [-0.2, 0) is 4.74 Å². The Morgan fingerprint density at radius 1 is 1.56 bits per heavy atom. The number of rotatable bonds is 4. The molecule has 0 saturated heterocycles. The summed E-state index contributed by atoms with van der Waals surface area (Å²) >= 11 is 0. The minimum absolute atomic E-state index is 0.327. The fourth-order valence-corrected chi connectivity index (χ4v) is 1.99. The van der Waals surface area contributed by atoms with Gasteiger partial charge in [-0.2, -0.15) is 18.4 Å². The van der Waals surface area contributed by atoms with Gasteiger partial charge in [-0.1, -0.05) is 6.92 Å². The summed E-state index contributed by atoms with van der Waals surface area (Å²) in [5.41, 5.74) is -0.703. The molecule has 0 aliphatic heterocycles. The molecule has 0 heterocycles. The minimum Gasteiger partial charge on any atom is -0.369 e. The van der Waals surface area contributed by atoms with Crippen molar-refractivity contribution in [1.29, 1.82) is 5.26 Å². The molecular weight excluding hydrogens is 221 g/mol. The molecule has 1 saturated carbocycles. The van der Waals surface area contributed by atoms with Crippen LogP contribution >= 0.6 is 0 Å². The van der Waals surface area contributed by atoms with E-state index in [2.05, 4.69) is 11.4 Å². The van der Waals surface area contributed by atoms with Crippen molar-refractivity contribution in [2.24, 2.45) is 0 Å². The maximum absolute atomic E-state index is 11.9. The molecule has 0 spiro atoms. The molecule has 0 aromatic heterocycles. The van der Waals surface area contributed by atoms with Gasteiger partial charge in [0.1, 0.15) is 12.1 Å². The summed E-state index contributed by atoms with van der Waals surface area (Å²) in [5, 5.41) is 12.0. The van der Waals surface area contributed by atoms with Crippen LogP contribution in [0.4, 0.5) is 13.2 Å². The molecule has 1 rings (SSSR count). The van der Waals surface area contributed by atoms with Crippen molar-refractivity contribution >= 4 is 0 Å². The van der Waals surface area contributed by atoms with E-state index in [4.69, 9.17) is 10.00 Å². The lowest BCUT2D eigenvalue weighted by Crippen LogP contribution is -2.42. The van der Waals surface area contributed by atoms with Crippen LogP contribution in [0.5, 0.6) is 0 Å². The van der Waals surface area contributed by atoms with Crippen LogP contribution in [0.1, 0.15) is 26.2 Å². The Kier molecular flexibility index (Phi) is 4.16. The minimum atomic E-state index is -4.30. The summed E-state index contributed by atoms with van der Waals surface area (Å²) in [6, 6.07) is 2.13. The van der Waals surface area contributed by atoms with E-state index >= 15 is 0 Å². The van der Waals surface area contributed by atoms with Crippen molar-refractivity contribution in [2.75, 3.05) is 13.2 Å². The normalized spacial score (nSPS) is 30.3. The highest BCUT2D eigenvalue weighted by atomic mass is 19.4. The number of nitrogens with one attached hydrogen (secondary N) is 1. The highest BCUT2D eigenvalue weighted by molar-refractivity contribution is 5.12. The monoisotopic (exact) mass is 236 g/mol. The van der Waals surface area contributed by atoms with Crippen LogP contribution in [0.15, 0.2) is 0 Å². The van der Waals surface area contributed by atoms with Gasteiger partial charge >= 0.3 is 6.18 Å². The molecule has 0 radical (unpaired) electrons. The summed E-state index contributed by atoms with van der Waals surface area (Å²) in [6.07, 6.45) is -3.40. The zero-order valence-corrected chi connectivity index (χ0v) is 9.10. The Hall–Kier alpha value is -0.800. The molecule has 0 amide bonds. The molecule has 1 aliphatic carbocycles. The predicted octanol–water partition coefficient (Wildman–Crippen LogP) is 1.99. The molecule has 6 heteroatoms. The highest BCUT2D eigenvalue weighted by Gasteiger charge is 2.40. The van der Waals surface area contributed by atoms with Crippen LogP contribution in [-0.4, -0.2) is 31.0 Å². The van der Waals surface area contributed by atoms with Crippen LogP contribution in [0.25, 0.3) is 0 Å². The summed E-state index contributed by atoms with van der Waals surface area (Å²) in [4.78, 5) is 0. The number of nitrogens with zero attached hydrogens (tertiary/aromatic N) is 1. The van der Waals surface area contributed by atoms with Gasteiger partial charge in [-0.25, -0.2) is 0 Å². The second-order valence-electron chi connectivity index (χ2n) is 4.02. The summed E-state index contributed by atoms with van der Waals surface area (Å²) in [6.45, 7) is 1.26. The first-order valence-corrected chi connectivity index (χ1v) is 5.25. The van der Waals surface area contributed by atoms with Crippen molar-refractivity contribution < 1.29 is 17.9 Å². The average molecular weight is 236 g/mol. The number of alkyl halides is 3. The lowest BCUT2D eigenvalue weighted by atomic mass is 10.00. The largest absolute Gasteiger partial charge is 0.411 e. The fourth-order valence-electron chi connectivity index (χ4n) is 1.99. The SMILES string of the molecule is CCNC1(C#N)CCC(OCC(F)(F)F)C1. The van der Waals surface area contributed by atoms with Crippen molar-refractivity contribution in [1.82, 2.24) is 5.32 Å². The molecule has 1 N–H and O–H groups in total.